The molecule has 0 bridgehead atoms. The maximum atomic E-state index is 13.4. The number of aryl methyl sites for hydroxylation is 1. The highest BCUT2D eigenvalue weighted by molar-refractivity contribution is 7.92. The lowest BCUT2D eigenvalue weighted by molar-refractivity contribution is -0.114. The summed E-state index contributed by atoms with van der Waals surface area (Å²) in [5, 5.41) is 2.64. The summed E-state index contributed by atoms with van der Waals surface area (Å²) >= 11 is 0. The van der Waals surface area contributed by atoms with Crippen molar-refractivity contribution < 1.29 is 26.7 Å². The van der Waals surface area contributed by atoms with Gasteiger partial charge < -0.3 is 10.1 Å². The Morgan fingerprint density at radius 2 is 1.55 bits per heavy atom. The van der Waals surface area contributed by atoms with Gasteiger partial charge in [0, 0.05) is 0 Å². The van der Waals surface area contributed by atoms with E-state index in [9.17, 15) is 22.0 Å². The van der Waals surface area contributed by atoms with Crippen LogP contribution in [0.25, 0.3) is 0 Å². The van der Waals surface area contributed by atoms with Gasteiger partial charge in [0.15, 0.2) is 0 Å². The third-order valence-electron chi connectivity index (χ3n) is 4.43. The van der Waals surface area contributed by atoms with E-state index in [0.717, 1.165) is 46.3 Å². The van der Waals surface area contributed by atoms with Crippen molar-refractivity contribution >= 4 is 27.3 Å². The number of halogens is 2. The predicted octanol–water partition coefficient (Wildman–Crippen LogP) is 4.12. The topological polar surface area (TPSA) is 75.7 Å². The maximum Gasteiger partial charge on any atom is 0.264 e. The second-order valence-corrected chi connectivity index (χ2v) is 8.56. The zero-order chi connectivity index (χ0) is 22.6. The minimum atomic E-state index is -4.24. The number of anilines is 2. The largest absolute Gasteiger partial charge is 0.495 e. The minimum Gasteiger partial charge on any atom is -0.495 e. The van der Waals surface area contributed by atoms with Crippen molar-refractivity contribution in [1.82, 2.24) is 0 Å². The van der Waals surface area contributed by atoms with Gasteiger partial charge in [-0.3, -0.25) is 9.10 Å². The number of benzene rings is 3. The first-order valence-electron chi connectivity index (χ1n) is 9.19. The highest BCUT2D eigenvalue weighted by Gasteiger charge is 2.27. The molecule has 0 radical (unpaired) electrons. The highest BCUT2D eigenvalue weighted by atomic mass is 32.2. The van der Waals surface area contributed by atoms with Crippen LogP contribution >= 0.6 is 0 Å². The van der Waals surface area contributed by atoms with Crippen LogP contribution in [0.3, 0.4) is 0 Å². The van der Waals surface area contributed by atoms with Gasteiger partial charge >= 0.3 is 0 Å². The standard InChI is InChI=1S/C22H20F2N2O4S/c1-15-3-12-21(30-2)20(13-15)25-22(27)14-26(18-8-4-16(23)5-9-18)31(28,29)19-10-6-17(24)7-11-19/h3-13H,14H2,1-2H3,(H,25,27). The van der Waals surface area contributed by atoms with Crippen LogP contribution in [0.5, 0.6) is 5.75 Å². The molecule has 0 spiro atoms. The Kier molecular flexibility index (Phi) is 6.55. The summed E-state index contributed by atoms with van der Waals surface area (Å²) in [6, 6.07) is 14.1. The first-order chi connectivity index (χ1) is 14.7. The number of amides is 1. The Morgan fingerprint density at radius 1 is 0.968 bits per heavy atom. The number of hydrogen-bond acceptors (Lipinski definition) is 4. The smallest absolute Gasteiger partial charge is 0.264 e. The molecule has 0 aliphatic rings. The number of nitrogens with zero attached hydrogens (tertiary/aromatic N) is 1. The van der Waals surface area contributed by atoms with E-state index in [1.165, 1.54) is 19.2 Å². The Labute approximate surface area is 179 Å². The number of ether oxygens (including phenoxy) is 1. The molecule has 3 rings (SSSR count). The molecule has 1 amide bonds. The van der Waals surface area contributed by atoms with E-state index < -0.39 is 34.1 Å². The third kappa shape index (κ3) is 5.18. The lowest BCUT2D eigenvalue weighted by Gasteiger charge is -2.24. The Morgan fingerprint density at radius 3 is 2.13 bits per heavy atom. The minimum absolute atomic E-state index is 0.0806. The number of carbonyl (C=O) groups excluding carboxylic acids is 1. The van der Waals surface area contributed by atoms with Gasteiger partial charge in [-0.1, -0.05) is 6.07 Å². The Bertz CT molecular complexity index is 1180. The van der Waals surface area contributed by atoms with Gasteiger partial charge in [0.1, 0.15) is 23.9 Å². The molecule has 1 N–H and O–H groups in total. The lowest BCUT2D eigenvalue weighted by atomic mass is 10.2. The van der Waals surface area contributed by atoms with Crippen molar-refractivity contribution in [3.8, 4) is 5.75 Å². The van der Waals surface area contributed by atoms with Crippen molar-refractivity contribution in [1.29, 1.82) is 0 Å². The quantitative estimate of drug-likeness (QED) is 0.593. The number of rotatable bonds is 7. The summed E-state index contributed by atoms with van der Waals surface area (Å²) in [7, 11) is -2.79. The fourth-order valence-electron chi connectivity index (χ4n) is 2.90. The number of methoxy groups -OCH3 is 1. The van der Waals surface area contributed by atoms with Crippen molar-refractivity contribution in [3.63, 3.8) is 0 Å². The van der Waals surface area contributed by atoms with E-state index in [0.29, 0.717) is 11.4 Å². The lowest BCUT2D eigenvalue weighted by Crippen LogP contribution is -2.38. The van der Waals surface area contributed by atoms with E-state index in [1.54, 1.807) is 18.2 Å². The number of hydrogen-bond donors (Lipinski definition) is 1. The SMILES string of the molecule is COc1ccc(C)cc1NC(=O)CN(c1ccc(F)cc1)S(=O)(=O)c1ccc(F)cc1. The third-order valence-corrected chi connectivity index (χ3v) is 6.22. The van der Waals surface area contributed by atoms with Gasteiger partial charge in [-0.25, -0.2) is 17.2 Å². The summed E-state index contributed by atoms with van der Waals surface area (Å²) < 4.78 is 59.1. The molecule has 0 aliphatic carbocycles. The molecule has 6 nitrogen and oxygen atoms in total. The summed E-state index contributed by atoms with van der Waals surface area (Å²) in [4.78, 5) is 12.6. The average Bonchev–Trinajstić information content (AvgIpc) is 2.73. The zero-order valence-electron chi connectivity index (χ0n) is 16.8. The van der Waals surface area contributed by atoms with Crippen molar-refractivity contribution in [2.45, 2.75) is 11.8 Å². The van der Waals surface area contributed by atoms with E-state index in [-0.39, 0.29) is 10.6 Å². The average molecular weight is 446 g/mol. The first kappa shape index (κ1) is 22.2. The number of nitrogens with one attached hydrogen (secondary N) is 1. The molecular formula is C22H20F2N2O4S. The molecule has 0 fully saturated rings. The summed E-state index contributed by atoms with van der Waals surface area (Å²) in [6.45, 7) is 1.24. The number of carbonyl (C=O) groups is 1. The van der Waals surface area contributed by atoms with E-state index >= 15 is 0 Å². The molecule has 0 atom stereocenters. The van der Waals surface area contributed by atoms with Crippen molar-refractivity contribution in [3.05, 3.63) is 83.9 Å². The molecule has 0 saturated heterocycles. The van der Waals surface area contributed by atoms with Gasteiger partial charge in [0.05, 0.1) is 23.4 Å². The Hall–Kier alpha value is -3.46. The van der Waals surface area contributed by atoms with Gasteiger partial charge in [-0.15, -0.1) is 0 Å². The van der Waals surface area contributed by atoms with Crippen molar-refractivity contribution in [2.75, 3.05) is 23.3 Å². The molecule has 0 unspecified atom stereocenters. The summed E-state index contributed by atoms with van der Waals surface area (Å²) in [5.41, 5.74) is 1.33. The van der Waals surface area contributed by atoms with Crippen LogP contribution in [0.1, 0.15) is 5.56 Å². The predicted molar refractivity (Wildman–Crippen MR) is 114 cm³/mol. The fraction of sp³-hybridized carbons (Fsp3) is 0.136. The summed E-state index contributed by atoms with van der Waals surface area (Å²) in [5.74, 6) is -1.39. The normalized spacial score (nSPS) is 11.1. The van der Waals surface area contributed by atoms with Gasteiger partial charge in [-0.05, 0) is 73.2 Å². The van der Waals surface area contributed by atoms with E-state index in [1.807, 2.05) is 6.92 Å². The zero-order valence-corrected chi connectivity index (χ0v) is 17.6. The Balaban J connectivity index is 1.95. The molecule has 3 aromatic carbocycles. The molecule has 0 aliphatic heterocycles. The van der Waals surface area contributed by atoms with Crippen LogP contribution in [-0.4, -0.2) is 28.0 Å². The van der Waals surface area contributed by atoms with Crippen molar-refractivity contribution in [2.24, 2.45) is 0 Å². The van der Waals surface area contributed by atoms with Gasteiger partial charge in [0.2, 0.25) is 5.91 Å². The molecule has 162 valence electrons. The van der Waals surface area contributed by atoms with Crippen LogP contribution in [0, 0.1) is 18.6 Å². The van der Waals surface area contributed by atoms with E-state index in [2.05, 4.69) is 5.32 Å². The van der Waals surface area contributed by atoms with Crippen LogP contribution in [0.4, 0.5) is 20.2 Å². The van der Waals surface area contributed by atoms with Gasteiger partial charge in [-0.2, -0.15) is 0 Å². The van der Waals surface area contributed by atoms with Crippen LogP contribution < -0.4 is 14.4 Å². The number of sulfonamides is 1. The highest BCUT2D eigenvalue weighted by Crippen LogP contribution is 2.27. The second-order valence-electron chi connectivity index (χ2n) is 6.69. The van der Waals surface area contributed by atoms with Crippen LogP contribution in [0.2, 0.25) is 0 Å². The molecule has 9 heteroatoms. The molecule has 0 saturated carbocycles. The fourth-order valence-corrected chi connectivity index (χ4v) is 4.32. The molecule has 0 heterocycles. The second kappa shape index (κ2) is 9.13. The monoisotopic (exact) mass is 446 g/mol. The molecule has 0 aromatic heterocycles. The van der Waals surface area contributed by atoms with E-state index in [4.69, 9.17) is 4.74 Å². The maximum absolute atomic E-state index is 13.4. The molecule has 3 aromatic rings. The van der Waals surface area contributed by atoms with Gasteiger partial charge in [0.25, 0.3) is 10.0 Å². The van der Waals surface area contributed by atoms with Crippen LogP contribution in [0.15, 0.2) is 71.6 Å². The summed E-state index contributed by atoms with van der Waals surface area (Å²) in [6.07, 6.45) is 0. The molecular weight excluding hydrogens is 426 g/mol. The van der Waals surface area contributed by atoms with Crippen LogP contribution in [-0.2, 0) is 14.8 Å². The molecule has 31 heavy (non-hydrogen) atoms. The first-order valence-corrected chi connectivity index (χ1v) is 10.6.